The lowest BCUT2D eigenvalue weighted by Crippen LogP contribution is -2.47. The van der Waals surface area contributed by atoms with Crippen LogP contribution in [0.4, 0.5) is 0 Å². The number of benzene rings is 6. The van der Waals surface area contributed by atoms with Gasteiger partial charge in [-0.3, -0.25) is 0 Å². The van der Waals surface area contributed by atoms with Crippen LogP contribution in [0.25, 0.3) is 49.0 Å². The van der Waals surface area contributed by atoms with Gasteiger partial charge in [0.25, 0.3) is 0 Å². The van der Waals surface area contributed by atoms with Gasteiger partial charge in [0.2, 0.25) is 0 Å². The van der Waals surface area contributed by atoms with Crippen LogP contribution in [0, 0.1) is 28.1 Å². The molecule has 65 heavy (non-hydrogen) atoms. The third-order valence-electron chi connectivity index (χ3n) is 17.1. The first kappa shape index (κ1) is 41.7. The van der Waals surface area contributed by atoms with Crippen molar-refractivity contribution >= 4 is 49.0 Å². The number of hydrogen-bond donors (Lipinski definition) is 0. The molecule has 0 amide bonds. The SMILES string of the molecule is CC(C)(C)C1=C[C]2c3c(cc(C(C)(C)C)c4cccc1c34)C13[C]4C=C(C(C)(C)C)c5cccc6c(C(C)(C)C)cc(c4c56)C21C1C=C(C(C)(C)C)c2cccc4c(C(C)(C)C)cc3c1c24. The van der Waals surface area contributed by atoms with E-state index >= 15 is 0 Å². The normalized spacial score (nSPS) is 23.4. The van der Waals surface area contributed by atoms with E-state index in [0.717, 1.165) is 0 Å². The zero-order valence-electron chi connectivity index (χ0n) is 42.7. The van der Waals surface area contributed by atoms with Gasteiger partial charge in [0.05, 0.1) is 0 Å². The van der Waals surface area contributed by atoms with Crippen LogP contribution in [-0.2, 0) is 27.1 Å². The highest BCUT2D eigenvalue weighted by Crippen LogP contribution is 2.84. The van der Waals surface area contributed by atoms with E-state index in [1.54, 1.807) is 22.6 Å². The molecule has 0 saturated carbocycles. The lowest BCUT2D eigenvalue weighted by atomic mass is 9.53. The Morgan fingerprint density at radius 3 is 1.22 bits per heavy atom. The molecule has 0 nitrogen and oxygen atoms in total. The molecule has 0 aromatic heterocycles. The summed E-state index contributed by atoms with van der Waals surface area (Å²) in [6.45, 7) is 44.2. The second kappa shape index (κ2) is 11.9. The van der Waals surface area contributed by atoms with Gasteiger partial charge in [-0.1, -0.05) is 216 Å². The summed E-state index contributed by atoms with van der Waals surface area (Å²) in [4.78, 5) is 0. The van der Waals surface area contributed by atoms with E-state index < -0.39 is 10.8 Å². The maximum atomic E-state index is 2.84. The molecular weight excluding hydrogens is 781 g/mol. The summed E-state index contributed by atoms with van der Waals surface area (Å²) in [6.07, 6.45) is 8.40. The molecule has 6 aliphatic rings. The Morgan fingerprint density at radius 1 is 0.385 bits per heavy atom. The van der Waals surface area contributed by atoms with Crippen LogP contribution in [0.15, 0.2) is 91.0 Å². The highest BCUT2D eigenvalue weighted by molar-refractivity contribution is 6.14. The molecule has 330 valence electrons. The molecule has 3 atom stereocenters. The van der Waals surface area contributed by atoms with Gasteiger partial charge in [-0.2, -0.15) is 0 Å². The Hall–Kier alpha value is -4.68. The third kappa shape index (κ3) is 4.76. The first-order valence-corrected chi connectivity index (χ1v) is 24.8. The Labute approximate surface area is 390 Å². The highest BCUT2D eigenvalue weighted by atomic mass is 14.8. The molecule has 0 saturated heterocycles. The molecule has 12 rings (SSSR count). The average molecular weight is 851 g/mol. The van der Waals surface area contributed by atoms with E-state index in [-0.39, 0.29) is 38.4 Å². The molecule has 0 spiro atoms. The summed E-state index contributed by atoms with van der Waals surface area (Å²) in [5, 5.41) is 8.76. The Bertz CT molecular complexity index is 3160. The van der Waals surface area contributed by atoms with Crippen molar-refractivity contribution in [2.45, 2.75) is 158 Å². The molecule has 6 aromatic rings. The van der Waals surface area contributed by atoms with Crippen LogP contribution < -0.4 is 0 Å². The van der Waals surface area contributed by atoms with Crippen LogP contribution in [0.5, 0.6) is 0 Å². The van der Waals surface area contributed by atoms with Crippen molar-refractivity contribution in [2.24, 2.45) is 16.2 Å². The fourth-order valence-electron chi connectivity index (χ4n) is 14.7. The van der Waals surface area contributed by atoms with E-state index in [4.69, 9.17) is 0 Å². The van der Waals surface area contributed by atoms with Crippen LogP contribution >= 0.6 is 0 Å². The fourth-order valence-corrected chi connectivity index (χ4v) is 14.7. The van der Waals surface area contributed by atoms with Crippen LogP contribution in [-0.4, -0.2) is 0 Å². The number of rotatable bonds is 0. The van der Waals surface area contributed by atoms with Gasteiger partial charge in [0.15, 0.2) is 0 Å². The summed E-state index contributed by atoms with van der Waals surface area (Å²) in [6, 6.07) is 30.2. The van der Waals surface area contributed by atoms with Crippen LogP contribution in [0.3, 0.4) is 0 Å². The minimum absolute atomic E-state index is 0.0749. The van der Waals surface area contributed by atoms with Gasteiger partial charge >= 0.3 is 0 Å². The second-order valence-corrected chi connectivity index (χ2v) is 27.3. The maximum Gasteiger partial charge on any atom is 0.0471 e. The van der Waals surface area contributed by atoms with Crippen LogP contribution in [0.2, 0.25) is 0 Å². The van der Waals surface area contributed by atoms with E-state index in [2.05, 4.69) is 216 Å². The summed E-state index contributed by atoms with van der Waals surface area (Å²) < 4.78 is 0. The van der Waals surface area contributed by atoms with Crippen molar-refractivity contribution in [3.05, 3.63) is 170 Å². The van der Waals surface area contributed by atoms with E-state index in [0.29, 0.717) is 0 Å². The maximum absolute atomic E-state index is 2.84. The average Bonchev–Trinajstić information content (AvgIpc) is 3.71. The molecule has 0 heteroatoms. The molecule has 0 aliphatic heterocycles. The topological polar surface area (TPSA) is 0 Å². The van der Waals surface area contributed by atoms with Crippen molar-refractivity contribution < 1.29 is 0 Å². The molecule has 0 fully saturated rings. The van der Waals surface area contributed by atoms with Crippen molar-refractivity contribution in [2.75, 3.05) is 0 Å². The summed E-state index contributed by atoms with van der Waals surface area (Å²) >= 11 is 0. The zero-order valence-corrected chi connectivity index (χ0v) is 42.7. The Morgan fingerprint density at radius 2 is 0.769 bits per heavy atom. The smallest absolute Gasteiger partial charge is 0.0471 e. The van der Waals surface area contributed by atoms with Crippen molar-refractivity contribution in [3.8, 4) is 0 Å². The lowest BCUT2D eigenvalue weighted by molar-refractivity contribution is 0.365. The van der Waals surface area contributed by atoms with E-state index in [1.165, 1.54) is 105 Å². The largest absolute Gasteiger partial charge is 0.0716 e. The van der Waals surface area contributed by atoms with Gasteiger partial charge in [-0.25, -0.2) is 0 Å². The molecular formula is C65H70. The summed E-state index contributed by atoms with van der Waals surface area (Å²) in [5.74, 6) is 3.20. The monoisotopic (exact) mass is 851 g/mol. The van der Waals surface area contributed by atoms with Gasteiger partial charge in [0.1, 0.15) is 0 Å². The lowest BCUT2D eigenvalue weighted by Gasteiger charge is -2.46. The minimum Gasteiger partial charge on any atom is -0.0716 e. The van der Waals surface area contributed by atoms with Gasteiger partial charge < -0.3 is 0 Å². The Balaban J connectivity index is 1.43. The van der Waals surface area contributed by atoms with Gasteiger partial charge in [-0.05, 0) is 148 Å². The molecule has 3 unspecified atom stereocenters. The molecule has 2 radical (unpaired) electrons. The van der Waals surface area contributed by atoms with Gasteiger partial charge in [0, 0.05) is 28.6 Å². The third-order valence-corrected chi connectivity index (χ3v) is 17.1. The predicted octanol–water partition coefficient (Wildman–Crippen LogP) is 17.6. The van der Waals surface area contributed by atoms with Crippen LogP contribution in [0.1, 0.15) is 197 Å². The van der Waals surface area contributed by atoms with E-state index in [1.807, 2.05) is 0 Å². The number of hydrogen-bond acceptors (Lipinski definition) is 0. The highest BCUT2D eigenvalue weighted by Gasteiger charge is 2.79. The van der Waals surface area contributed by atoms with Crippen molar-refractivity contribution in [1.29, 1.82) is 0 Å². The van der Waals surface area contributed by atoms with Crippen molar-refractivity contribution in [3.63, 3.8) is 0 Å². The first-order chi connectivity index (χ1) is 30.1. The fraction of sp³-hybridized carbons (Fsp3) is 0.415. The molecule has 0 N–H and O–H groups in total. The standard InChI is InChI=1S/C65H70/c1-58(2,3)40-28-46-55-47(29-41(59(4,5)6)35-23-19-22-34(40)52(35)55)65-50-32-44(62(13,14)15)38-26-20-24-36-42(60(7,8)9)30-48(56(50)53(36)38)64(46,65)49-31-43(61(10,11)12)37-25-21-27-39-45(63(16,17)18)33-51(65)57(49)54(37)39/h19-33,46H,1-18H3. The van der Waals surface area contributed by atoms with Gasteiger partial charge in [-0.15, -0.1) is 0 Å². The second-order valence-electron chi connectivity index (χ2n) is 27.3. The summed E-state index contributed by atoms with van der Waals surface area (Å²) in [5.41, 5.74) is 20.9. The molecule has 6 aromatic carbocycles. The van der Waals surface area contributed by atoms with Crippen molar-refractivity contribution in [1.82, 2.24) is 0 Å². The molecule has 6 aliphatic carbocycles. The number of allylic oxidation sites excluding steroid dienone is 6. The molecule has 0 bridgehead atoms. The summed E-state index contributed by atoms with van der Waals surface area (Å²) in [7, 11) is 0. The first-order valence-electron chi connectivity index (χ1n) is 24.8. The zero-order chi connectivity index (χ0) is 46.5. The minimum atomic E-state index is -0.496. The quantitative estimate of drug-likeness (QED) is 0.143. The molecule has 0 heterocycles. The Kier molecular flexibility index (Phi) is 7.63. The predicted molar refractivity (Wildman–Crippen MR) is 280 cm³/mol. The van der Waals surface area contributed by atoms with E-state index in [9.17, 15) is 0 Å².